The third-order valence-electron chi connectivity index (χ3n) is 4.05. The van der Waals surface area contributed by atoms with Crippen molar-refractivity contribution in [2.24, 2.45) is 0 Å². The lowest BCUT2D eigenvalue weighted by atomic mass is 10.1. The number of nitrogens with zero attached hydrogens (tertiary/aromatic N) is 3. The van der Waals surface area contributed by atoms with Crippen LogP contribution < -0.4 is 14.8 Å². The fourth-order valence-corrected chi connectivity index (χ4v) is 2.76. The maximum atomic E-state index is 5.38. The highest BCUT2D eigenvalue weighted by atomic mass is 16.5. The Kier molecular flexibility index (Phi) is 4.10. The van der Waals surface area contributed by atoms with E-state index in [4.69, 9.17) is 9.47 Å². The summed E-state index contributed by atoms with van der Waals surface area (Å²) in [6, 6.07) is 15.6. The summed E-state index contributed by atoms with van der Waals surface area (Å²) in [5.41, 5.74) is 2.73. The summed E-state index contributed by atoms with van der Waals surface area (Å²) >= 11 is 0. The van der Waals surface area contributed by atoms with Gasteiger partial charge in [-0.2, -0.15) is 5.10 Å². The number of H-pyrrole nitrogens is 1. The molecule has 0 aliphatic carbocycles. The Bertz CT molecular complexity index is 1050. The Balaban J connectivity index is 1.70. The van der Waals surface area contributed by atoms with Gasteiger partial charge in [-0.15, -0.1) is 0 Å². The van der Waals surface area contributed by atoms with Gasteiger partial charge in [-0.05, 0) is 11.6 Å². The second-order valence-electron chi connectivity index (χ2n) is 5.60. The molecule has 2 heterocycles. The maximum absolute atomic E-state index is 5.38. The van der Waals surface area contributed by atoms with Gasteiger partial charge in [0.25, 0.3) is 0 Å². The van der Waals surface area contributed by atoms with E-state index >= 15 is 0 Å². The van der Waals surface area contributed by atoms with Crippen LogP contribution in [0.4, 0.5) is 11.6 Å². The van der Waals surface area contributed by atoms with Crippen LogP contribution in [0.2, 0.25) is 0 Å². The minimum atomic E-state index is 0.616. The predicted molar refractivity (Wildman–Crippen MR) is 99.9 cm³/mol. The molecule has 4 rings (SSSR count). The second-order valence-corrected chi connectivity index (χ2v) is 5.60. The smallest absolute Gasteiger partial charge is 0.162 e. The molecule has 0 unspecified atom stereocenters. The number of nitrogens with one attached hydrogen (secondary N) is 2. The van der Waals surface area contributed by atoms with Crippen LogP contribution in [0.25, 0.3) is 22.2 Å². The summed E-state index contributed by atoms with van der Waals surface area (Å²) in [5, 5.41) is 11.4. The lowest BCUT2D eigenvalue weighted by Crippen LogP contribution is -1.98. The van der Waals surface area contributed by atoms with Gasteiger partial charge in [-0.3, -0.25) is 5.10 Å². The van der Waals surface area contributed by atoms with E-state index in [-0.39, 0.29) is 0 Å². The normalized spacial score (nSPS) is 10.7. The number of aromatic nitrogens is 4. The Labute approximate surface area is 150 Å². The number of methoxy groups -OCH3 is 2. The summed E-state index contributed by atoms with van der Waals surface area (Å²) in [6.07, 6.45) is 1.50. The monoisotopic (exact) mass is 347 g/mol. The molecule has 2 N–H and O–H groups in total. The Morgan fingerprint density at radius 1 is 0.923 bits per heavy atom. The van der Waals surface area contributed by atoms with Gasteiger partial charge < -0.3 is 14.8 Å². The van der Waals surface area contributed by atoms with Crippen molar-refractivity contribution in [3.05, 3.63) is 54.9 Å². The van der Waals surface area contributed by atoms with E-state index in [0.717, 1.165) is 22.2 Å². The fraction of sp³-hybridized carbons (Fsp3) is 0.105. The van der Waals surface area contributed by atoms with Crippen molar-refractivity contribution in [2.75, 3.05) is 19.5 Å². The standard InChI is InChI=1S/C19H17N5O2/c1-25-16-8-13-15(9-17(16)26-2)20-11-21-19(13)22-18-10-14(23-24-18)12-6-4-3-5-7-12/h3-11H,1-2H3,(H2,20,21,22,23,24). The topological polar surface area (TPSA) is 85.0 Å². The zero-order valence-electron chi connectivity index (χ0n) is 14.4. The molecule has 0 bridgehead atoms. The molecule has 0 atom stereocenters. The SMILES string of the molecule is COc1cc2ncnc(Nc3cc(-c4ccccc4)[nH]n3)c2cc1OC. The van der Waals surface area contributed by atoms with Crippen molar-refractivity contribution in [1.29, 1.82) is 0 Å². The lowest BCUT2D eigenvalue weighted by Gasteiger charge is -2.11. The van der Waals surface area contributed by atoms with E-state index in [9.17, 15) is 0 Å². The molecule has 0 fully saturated rings. The highest BCUT2D eigenvalue weighted by Gasteiger charge is 2.12. The van der Waals surface area contributed by atoms with E-state index in [1.54, 1.807) is 14.2 Å². The van der Waals surface area contributed by atoms with E-state index < -0.39 is 0 Å². The summed E-state index contributed by atoms with van der Waals surface area (Å²) in [4.78, 5) is 8.65. The molecular formula is C19H17N5O2. The van der Waals surface area contributed by atoms with Crippen LogP contribution in [-0.4, -0.2) is 34.4 Å². The first-order valence-electron chi connectivity index (χ1n) is 8.03. The van der Waals surface area contributed by atoms with Crippen LogP contribution in [-0.2, 0) is 0 Å². The number of fused-ring (bicyclic) bond motifs is 1. The zero-order chi connectivity index (χ0) is 17.9. The summed E-state index contributed by atoms with van der Waals surface area (Å²) in [7, 11) is 3.19. The summed E-state index contributed by atoms with van der Waals surface area (Å²) < 4.78 is 10.7. The molecule has 0 aliphatic rings. The van der Waals surface area contributed by atoms with Gasteiger partial charge >= 0.3 is 0 Å². The van der Waals surface area contributed by atoms with Crippen LogP contribution in [0.5, 0.6) is 11.5 Å². The minimum Gasteiger partial charge on any atom is -0.493 e. The number of aromatic amines is 1. The number of anilines is 2. The third-order valence-corrected chi connectivity index (χ3v) is 4.05. The zero-order valence-corrected chi connectivity index (χ0v) is 14.4. The van der Waals surface area contributed by atoms with E-state index in [1.165, 1.54) is 6.33 Å². The van der Waals surface area contributed by atoms with Crippen molar-refractivity contribution in [3.8, 4) is 22.8 Å². The predicted octanol–water partition coefficient (Wildman–Crippen LogP) is 3.78. The first kappa shape index (κ1) is 15.9. The van der Waals surface area contributed by atoms with E-state index in [1.807, 2.05) is 48.5 Å². The van der Waals surface area contributed by atoms with Crippen LogP contribution in [0, 0.1) is 0 Å². The largest absolute Gasteiger partial charge is 0.493 e. The van der Waals surface area contributed by atoms with Crippen LogP contribution >= 0.6 is 0 Å². The van der Waals surface area contributed by atoms with Crippen LogP contribution in [0.1, 0.15) is 0 Å². The maximum Gasteiger partial charge on any atom is 0.162 e. The fourth-order valence-electron chi connectivity index (χ4n) is 2.76. The second kappa shape index (κ2) is 6.72. The number of hydrogen-bond donors (Lipinski definition) is 2. The number of hydrogen-bond acceptors (Lipinski definition) is 6. The van der Waals surface area contributed by atoms with Crippen molar-refractivity contribution in [3.63, 3.8) is 0 Å². The van der Waals surface area contributed by atoms with Gasteiger partial charge in [-0.1, -0.05) is 30.3 Å². The molecule has 7 nitrogen and oxygen atoms in total. The lowest BCUT2D eigenvalue weighted by molar-refractivity contribution is 0.356. The van der Waals surface area contributed by atoms with Crippen molar-refractivity contribution >= 4 is 22.5 Å². The molecule has 7 heteroatoms. The Hall–Kier alpha value is -3.61. The van der Waals surface area contributed by atoms with Gasteiger partial charge in [0, 0.05) is 17.5 Å². The molecule has 130 valence electrons. The Morgan fingerprint density at radius 2 is 1.69 bits per heavy atom. The molecule has 0 radical (unpaired) electrons. The van der Waals surface area contributed by atoms with Crippen LogP contribution in [0.15, 0.2) is 54.9 Å². The molecule has 0 spiro atoms. The summed E-state index contributed by atoms with van der Waals surface area (Å²) in [6.45, 7) is 0. The molecule has 0 aliphatic heterocycles. The molecule has 26 heavy (non-hydrogen) atoms. The summed E-state index contributed by atoms with van der Waals surface area (Å²) in [5.74, 6) is 2.54. The molecule has 0 saturated heterocycles. The first-order chi connectivity index (χ1) is 12.8. The van der Waals surface area contributed by atoms with Crippen LogP contribution in [0.3, 0.4) is 0 Å². The van der Waals surface area contributed by atoms with Crippen molar-refractivity contribution < 1.29 is 9.47 Å². The van der Waals surface area contributed by atoms with Gasteiger partial charge in [0.05, 0.1) is 25.4 Å². The van der Waals surface area contributed by atoms with E-state index in [2.05, 4.69) is 25.5 Å². The molecular weight excluding hydrogens is 330 g/mol. The number of rotatable bonds is 5. The van der Waals surface area contributed by atoms with Crippen molar-refractivity contribution in [1.82, 2.24) is 20.2 Å². The quantitative estimate of drug-likeness (QED) is 0.571. The molecule has 0 amide bonds. The van der Waals surface area contributed by atoms with Gasteiger partial charge in [0.1, 0.15) is 12.1 Å². The van der Waals surface area contributed by atoms with Crippen molar-refractivity contribution in [2.45, 2.75) is 0 Å². The van der Waals surface area contributed by atoms with E-state index in [0.29, 0.717) is 23.1 Å². The minimum absolute atomic E-state index is 0.616. The average molecular weight is 347 g/mol. The molecule has 4 aromatic rings. The highest BCUT2D eigenvalue weighted by Crippen LogP contribution is 2.34. The Morgan fingerprint density at radius 3 is 2.46 bits per heavy atom. The first-order valence-corrected chi connectivity index (χ1v) is 8.03. The third kappa shape index (κ3) is 2.90. The molecule has 2 aromatic carbocycles. The highest BCUT2D eigenvalue weighted by molar-refractivity contribution is 5.92. The van der Waals surface area contributed by atoms with Gasteiger partial charge in [0.15, 0.2) is 17.3 Å². The van der Waals surface area contributed by atoms with Gasteiger partial charge in [0.2, 0.25) is 0 Å². The number of ether oxygens (including phenoxy) is 2. The van der Waals surface area contributed by atoms with Gasteiger partial charge in [-0.25, -0.2) is 9.97 Å². The molecule has 0 saturated carbocycles. The number of benzene rings is 2. The average Bonchev–Trinajstić information content (AvgIpc) is 3.16. The molecule has 2 aromatic heterocycles.